The van der Waals surface area contributed by atoms with Crippen LogP contribution in [0, 0.1) is 17.8 Å². The summed E-state index contributed by atoms with van der Waals surface area (Å²) in [5.41, 5.74) is 0.571. The van der Waals surface area contributed by atoms with Crippen molar-refractivity contribution in [2.75, 3.05) is 13.2 Å². The number of nitrogens with zero attached hydrogens (tertiary/aromatic N) is 2. The molecule has 2 N–H and O–H groups in total. The van der Waals surface area contributed by atoms with Gasteiger partial charge in [-0.25, -0.2) is 0 Å². The number of amides is 2. The van der Waals surface area contributed by atoms with Crippen molar-refractivity contribution in [1.29, 1.82) is 0 Å². The van der Waals surface area contributed by atoms with Crippen molar-refractivity contribution in [1.82, 2.24) is 14.8 Å². The van der Waals surface area contributed by atoms with Crippen molar-refractivity contribution in [2.24, 2.45) is 17.8 Å². The Bertz CT molecular complexity index is 1030. The Morgan fingerprint density at radius 1 is 1.21 bits per heavy atom. The average molecular weight is 482 g/mol. The van der Waals surface area contributed by atoms with E-state index in [9.17, 15) is 32.7 Å². The van der Waals surface area contributed by atoms with Crippen molar-refractivity contribution in [3.05, 3.63) is 39.8 Å². The minimum Gasteiger partial charge on any atom is -0.396 e. The third-order valence-corrected chi connectivity index (χ3v) is 7.39. The number of fused-ring (bicyclic) bond motifs is 4. The fourth-order valence-electron chi connectivity index (χ4n) is 5.90. The van der Waals surface area contributed by atoms with E-state index in [-0.39, 0.29) is 23.9 Å². The van der Waals surface area contributed by atoms with Crippen LogP contribution in [0.15, 0.2) is 23.0 Å². The van der Waals surface area contributed by atoms with Gasteiger partial charge >= 0.3 is 6.18 Å². The molecule has 10 heteroatoms. The first-order chi connectivity index (χ1) is 16.2. The number of hydrogen-bond acceptors (Lipinski definition) is 4. The van der Waals surface area contributed by atoms with Gasteiger partial charge in [-0.15, -0.1) is 0 Å². The van der Waals surface area contributed by atoms with Crippen LogP contribution in [0.25, 0.3) is 6.08 Å². The van der Waals surface area contributed by atoms with Crippen LogP contribution in [0.1, 0.15) is 56.3 Å². The Labute approximate surface area is 195 Å². The van der Waals surface area contributed by atoms with E-state index in [0.29, 0.717) is 11.3 Å². The average Bonchev–Trinajstić information content (AvgIpc) is 3.05. The second-order valence-corrected chi connectivity index (χ2v) is 9.43. The number of alkyl halides is 3. The molecule has 1 aromatic heterocycles. The zero-order chi connectivity index (χ0) is 24.6. The van der Waals surface area contributed by atoms with E-state index < -0.39 is 49.2 Å². The molecule has 0 unspecified atom stereocenters. The summed E-state index contributed by atoms with van der Waals surface area (Å²) in [7, 11) is 0. The van der Waals surface area contributed by atoms with Crippen LogP contribution < -0.4 is 10.9 Å². The van der Waals surface area contributed by atoms with Crippen LogP contribution in [0.5, 0.6) is 0 Å². The number of halogens is 3. The smallest absolute Gasteiger partial charge is 0.396 e. The van der Waals surface area contributed by atoms with E-state index in [0.717, 1.165) is 32.1 Å². The highest BCUT2D eigenvalue weighted by molar-refractivity contribution is 5.85. The van der Waals surface area contributed by atoms with Crippen molar-refractivity contribution < 1.29 is 27.9 Å². The van der Waals surface area contributed by atoms with E-state index in [2.05, 4.69) is 0 Å². The molecule has 2 amide bonds. The van der Waals surface area contributed by atoms with E-state index >= 15 is 0 Å². The highest BCUT2D eigenvalue weighted by atomic mass is 19.4. The molecule has 2 aliphatic heterocycles. The van der Waals surface area contributed by atoms with Crippen LogP contribution in [0.2, 0.25) is 0 Å². The van der Waals surface area contributed by atoms with Gasteiger partial charge < -0.3 is 19.9 Å². The number of aliphatic hydroxyl groups excluding tert-OH is 1. The molecular formula is C24H30F3N3O4. The number of aliphatic hydroxyl groups is 1. The Morgan fingerprint density at radius 2 is 1.91 bits per heavy atom. The second-order valence-electron chi connectivity index (χ2n) is 9.43. The molecule has 3 aliphatic rings. The molecule has 0 radical (unpaired) electrons. The number of carbonyl (C=O) groups is 2. The molecular weight excluding hydrogens is 451 g/mol. The van der Waals surface area contributed by atoms with Gasteiger partial charge in [0.15, 0.2) is 0 Å². The van der Waals surface area contributed by atoms with Crippen molar-refractivity contribution in [3.63, 3.8) is 0 Å². The quantitative estimate of drug-likeness (QED) is 0.677. The first kappa shape index (κ1) is 24.5. The van der Waals surface area contributed by atoms with Gasteiger partial charge in [0.1, 0.15) is 6.54 Å². The topological polar surface area (TPSA) is 91.6 Å². The minimum atomic E-state index is -4.59. The molecule has 0 aromatic carbocycles. The molecule has 2 bridgehead atoms. The first-order valence-corrected chi connectivity index (χ1v) is 11.8. The lowest BCUT2D eigenvalue weighted by atomic mass is 9.86. The summed E-state index contributed by atoms with van der Waals surface area (Å²) < 4.78 is 40.0. The van der Waals surface area contributed by atoms with E-state index in [1.165, 1.54) is 4.57 Å². The van der Waals surface area contributed by atoms with E-state index in [4.69, 9.17) is 0 Å². The molecule has 4 atom stereocenters. The normalized spacial score (nSPS) is 27.1. The van der Waals surface area contributed by atoms with Crippen LogP contribution in [-0.4, -0.2) is 51.8 Å². The molecule has 1 aliphatic carbocycles. The lowest BCUT2D eigenvalue weighted by Crippen LogP contribution is -2.51. The molecule has 4 rings (SSSR count). The summed E-state index contributed by atoms with van der Waals surface area (Å²) in [4.78, 5) is 41.4. The zero-order valence-corrected chi connectivity index (χ0v) is 19.1. The van der Waals surface area contributed by atoms with Crippen LogP contribution in [0.3, 0.4) is 0 Å². The lowest BCUT2D eigenvalue weighted by Gasteiger charge is -2.40. The molecule has 3 heterocycles. The van der Waals surface area contributed by atoms with Gasteiger partial charge in [-0.05, 0) is 31.9 Å². The van der Waals surface area contributed by atoms with E-state index in [1.807, 2.05) is 5.32 Å². The molecule has 7 nitrogen and oxygen atoms in total. The highest BCUT2D eigenvalue weighted by Gasteiger charge is 2.58. The molecule has 1 saturated heterocycles. The number of pyridine rings is 1. The maximum atomic E-state index is 13.7. The molecule has 0 spiro atoms. The number of allylic oxidation sites excluding steroid dienone is 1. The van der Waals surface area contributed by atoms with E-state index in [1.54, 1.807) is 36.1 Å². The van der Waals surface area contributed by atoms with Crippen LogP contribution in [-0.2, 0) is 16.1 Å². The fourth-order valence-corrected chi connectivity index (χ4v) is 5.90. The number of rotatable bonds is 5. The summed E-state index contributed by atoms with van der Waals surface area (Å²) in [5, 5.41) is 12.2. The third kappa shape index (κ3) is 4.39. The molecule has 1 aromatic rings. The molecule has 34 heavy (non-hydrogen) atoms. The minimum absolute atomic E-state index is 0.0861. The number of hydrogen-bond donors (Lipinski definition) is 2. The van der Waals surface area contributed by atoms with Crippen LogP contribution >= 0.6 is 0 Å². The standard InChI is InChI=1S/C24H30F3N3O4/c1-2-6-14-9-10-17-20-19(21(32)28-13-24(25,26)27)16(12-31)18(11-29(17)22(14)33)30(20)23(34)15-7-4-3-5-8-15/h2,6,9-10,15-16,18-20,31H,3-5,7-8,11-13H2,1H3,(H,28,32)/b6-2+/t16-,18-,19+,20+/m0/s1. The zero-order valence-electron chi connectivity index (χ0n) is 19.1. The number of aromatic nitrogens is 1. The largest absolute Gasteiger partial charge is 0.405 e. The fraction of sp³-hybridized carbons (Fsp3) is 0.625. The highest BCUT2D eigenvalue weighted by Crippen LogP contribution is 2.49. The molecule has 1 saturated carbocycles. The Morgan fingerprint density at radius 3 is 2.53 bits per heavy atom. The second kappa shape index (κ2) is 9.56. The first-order valence-electron chi connectivity index (χ1n) is 11.8. The lowest BCUT2D eigenvalue weighted by molar-refractivity contribution is -0.144. The van der Waals surface area contributed by atoms with Gasteiger partial charge in [0.05, 0.1) is 18.0 Å². The van der Waals surface area contributed by atoms with Gasteiger partial charge in [0, 0.05) is 36.2 Å². The summed E-state index contributed by atoms with van der Waals surface area (Å²) in [5.74, 6) is -3.12. The van der Waals surface area contributed by atoms with Gasteiger partial charge in [0.2, 0.25) is 11.8 Å². The monoisotopic (exact) mass is 481 g/mol. The van der Waals surface area contributed by atoms with Gasteiger partial charge in [-0.2, -0.15) is 13.2 Å². The summed E-state index contributed by atoms with van der Waals surface area (Å²) in [6.07, 6.45) is 3.11. The summed E-state index contributed by atoms with van der Waals surface area (Å²) in [6.45, 7) is -0.116. The predicted octanol–water partition coefficient (Wildman–Crippen LogP) is 2.63. The van der Waals surface area contributed by atoms with Crippen LogP contribution in [0.4, 0.5) is 13.2 Å². The maximum Gasteiger partial charge on any atom is 0.405 e. The third-order valence-electron chi connectivity index (χ3n) is 7.39. The maximum absolute atomic E-state index is 13.7. The molecule has 2 fully saturated rings. The van der Waals surface area contributed by atoms with Gasteiger partial charge in [-0.1, -0.05) is 31.4 Å². The Kier molecular flexibility index (Phi) is 6.89. The summed E-state index contributed by atoms with van der Waals surface area (Å²) in [6, 6.07) is 1.71. The Hall–Kier alpha value is -2.62. The summed E-state index contributed by atoms with van der Waals surface area (Å²) >= 11 is 0. The predicted molar refractivity (Wildman–Crippen MR) is 118 cm³/mol. The number of carbonyl (C=O) groups excluding carboxylic acids is 2. The van der Waals surface area contributed by atoms with Gasteiger partial charge in [0.25, 0.3) is 5.56 Å². The Balaban J connectivity index is 1.78. The SMILES string of the molecule is C/C=C/c1ccc2n(c1=O)C[C@H]1[C@H](CO)[C@@H](C(=O)NCC(F)(F)F)[C@@H]2N1C(=O)C1CCCCC1. The van der Waals surface area contributed by atoms with Gasteiger partial charge in [-0.3, -0.25) is 14.4 Å². The molecule has 186 valence electrons. The van der Waals surface area contributed by atoms with Crippen molar-refractivity contribution in [3.8, 4) is 0 Å². The van der Waals surface area contributed by atoms with Crippen molar-refractivity contribution in [2.45, 2.75) is 63.8 Å². The van der Waals surface area contributed by atoms with Crippen molar-refractivity contribution >= 4 is 17.9 Å². The number of nitrogens with one attached hydrogen (secondary N) is 1.